The number of piperidine rings is 1. The van der Waals surface area contributed by atoms with Gasteiger partial charge in [-0.15, -0.1) is 11.3 Å². The van der Waals surface area contributed by atoms with E-state index in [0.29, 0.717) is 18.1 Å². The van der Waals surface area contributed by atoms with Crippen molar-refractivity contribution in [2.45, 2.75) is 38.5 Å². The van der Waals surface area contributed by atoms with Gasteiger partial charge in [-0.2, -0.15) is 0 Å². The SMILES string of the molecule is Cc1nc(-c2ccccn2)sc1C(=O)N1CCCCC1C1OCCO1. The lowest BCUT2D eigenvalue weighted by molar-refractivity contribution is -0.100. The lowest BCUT2D eigenvalue weighted by atomic mass is 10.0. The molecule has 0 aliphatic carbocycles. The summed E-state index contributed by atoms with van der Waals surface area (Å²) >= 11 is 1.41. The van der Waals surface area contributed by atoms with E-state index in [1.807, 2.05) is 30.0 Å². The van der Waals surface area contributed by atoms with Crippen LogP contribution in [0, 0.1) is 6.92 Å². The van der Waals surface area contributed by atoms with E-state index in [4.69, 9.17) is 9.47 Å². The van der Waals surface area contributed by atoms with Crippen LogP contribution in [0.5, 0.6) is 0 Å². The van der Waals surface area contributed by atoms with Crippen molar-refractivity contribution in [2.24, 2.45) is 0 Å². The molecule has 2 aromatic heterocycles. The Morgan fingerprint density at radius 3 is 2.88 bits per heavy atom. The second kappa shape index (κ2) is 7.19. The van der Waals surface area contributed by atoms with Crippen LogP contribution < -0.4 is 0 Å². The Morgan fingerprint density at radius 1 is 1.28 bits per heavy atom. The number of rotatable bonds is 3. The second-order valence-electron chi connectivity index (χ2n) is 6.32. The van der Waals surface area contributed by atoms with Crippen LogP contribution >= 0.6 is 11.3 Å². The Kier molecular flexibility index (Phi) is 4.78. The Labute approximate surface area is 150 Å². The molecule has 0 spiro atoms. The predicted molar refractivity (Wildman–Crippen MR) is 94.4 cm³/mol. The van der Waals surface area contributed by atoms with Crippen LogP contribution in [0.1, 0.15) is 34.6 Å². The molecule has 2 aliphatic heterocycles. The van der Waals surface area contributed by atoms with Crippen LogP contribution in [-0.4, -0.2) is 52.9 Å². The molecule has 1 atom stereocenters. The molecule has 4 rings (SSSR count). The van der Waals surface area contributed by atoms with Crippen molar-refractivity contribution in [1.82, 2.24) is 14.9 Å². The van der Waals surface area contributed by atoms with E-state index < -0.39 is 0 Å². The molecule has 132 valence electrons. The number of nitrogens with zero attached hydrogens (tertiary/aromatic N) is 3. The van der Waals surface area contributed by atoms with E-state index in [-0.39, 0.29) is 18.2 Å². The standard InChI is InChI=1S/C18H21N3O3S/c1-12-15(25-16(20-12)13-6-2-4-8-19-13)17(22)21-9-5-3-7-14(21)18-23-10-11-24-18/h2,4,6,8,14,18H,3,5,7,9-11H2,1H3. The first-order chi connectivity index (χ1) is 12.2. The summed E-state index contributed by atoms with van der Waals surface area (Å²) in [6.45, 7) is 3.83. The van der Waals surface area contributed by atoms with Crippen LogP contribution in [0.3, 0.4) is 0 Å². The van der Waals surface area contributed by atoms with Crippen molar-refractivity contribution < 1.29 is 14.3 Å². The third-order valence-electron chi connectivity index (χ3n) is 4.65. The van der Waals surface area contributed by atoms with Crippen LogP contribution in [0.15, 0.2) is 24.4 Å². The Hall–Kier alpha value is -1.83. The summed E-state index contributed by atoms with van der Waals surface area (Å²) in [4.78, 5) is 24.7. The Bertz CT molecular complexity index is 743. The average molecular weight is 359 g/mol. The fraction of sp³-hybridized carbons (Fsp3) is 0.500. The van der Waals surface area contributed by atoms with Gasteiger partial charge in [-0.25, -0.2) is 4.98 Å². The van der Waals surface area contributed by atoms with Gasteiger partial charge < -0.3 is 14.4 Å². The lowest BCUT2D eigenvalue weighted by Crippen LogP contribution is -2.50. The summed E-state index contributed by atoms with van der Waals surface area (Å²) in [5.41, 5.74) is 1.56. The maximum atomic E-state index is 13.2. The fourth-order valence-corrected chi connectivity index (χ4v) is 4.41. The molecule has 6 nitrogen and oxygen atoms in total. The molecular weight excluding hydrogens is 338 g/mol. The Morgan fingerprint density at radius 2 is 2.12 bits per heavy atom. The number of likely N-dealkylation sites (tertiary alicyclic amines) is 1. The van der Waals surface area contributed by atoms with Gasteiger partial charge in [0.05, 0.1) is 30.6 Å². The summed E-state index contributed by atoms with van der Waals surface area (Å²) in [5.74, 6) is 0.0287. The number of pyridine rings is 1. The Balaban J connectivity index is 1.60. The summed E-state index contributed by atoms with van der Waals surface area (Å²) in [7, 11) is 0. The smallest absolute Gasteiger partial charge is 0.266 e. The quantitative estimate of drug-likeness (QED) is 0.843. The highest BCUT2D eigenvalue weighted by atomic mass is 32.1. The number of hydrogen-bond donors (Lipinski definition) is 0. The third-order valence-corrected chi connectivity index (χ3v) is 5.81. The van der Waals surface area contributed by atoms with Gasteiger partial charge in [0.15, 0.2) is 6.29 Å². The molecule has 0 aromatic carbocycles. The number of aryl methyl sites for hydroxylation is 1. The van der Waals surface area contributed by atoms with E-state index >= 15 is 0 Å². The molecule has 0 bridgehead atoms. The molecule has 0 N–H and O–H groups in total. The van der Waals surface area contributed by atoms with Crippen LogP contribution in [-0.2, 0) is 9.47 Å². The molecular formula is C18H21N3O3S. The lowest BCUT2D eigenvalue weighted by Gasteiger charge is -2.37. The number of carbonyl (C=O) groups is 1. The van der Waals surface area contributed by atoms with Crippen molar-refractivity contribution in [3.63, 3.8) is 0 Å². The van der Waals surface area contributed by atoms with Gasteiger partial charge in [-0.1, -0.05) is 6.07 Å². The van der Waals surface area contributed by atoms with E-state index in [2.05, 4.69) is 9.97 Å². The number of carbonyl (C=O) groups excluding carboxylic acids is 1. The van der Waals surface area contributed by atoms with Crippen molar-refractivity contribution in [2.75, 3.05) is 19.8 Å². The minimum atomic E-state index is -0.298. The zero-order valence-corrected chi connectivity index (χ0v) is 15.0. The monoisotopic (exact) mass is 359 g/mol. The number of thiazole rings is 1. The third kappa shape index (κ3) is 3.31. The van der Waals surface area contributed by atoms with Crippen molar-refractivity contribution in [3.05, 3.63) is 35.0 Å². The molecule has 2 aromatic rings. The number of hydrogen-bond acceptors (Lipinski definition) is 6. The zero-order valence-electron chi connectivity index (χ0n) is 14.2. The van der Waals surface area contributed by atoms with Crippen molar-refractivity contribution in [3.8, 4) is 10.7 Å². The van der Waals surface area contributed by atoms with Gasteiger partial charge in [-0.05, 0) is 38.3 Å². The van der Waals surface area contributed by atoms with Gasteiger partial charge in [0.25, 0.3) is 5.91 Å². The van der Waals surface area contributed by atoms with Gasteiger partial charge in [0.2, 0.25) is 0 Å². The van der Waals surface area contributed by atoms with Crippen LogP contribution in [0.2, 0.25) is 0 Å². The molecule has 4 heterocycles. The molecule has 1 unspecified atom stereocenters. The highest BCUT2D eigenvalue weighted by Gasteiger charge is 2.37. The number of ether oxygens (including phenoxy) is 2. The first-order valence-corrected chi connectivity index (χ1v) is 9.48. The topological polar surface area (TPSA) is 64.6 Å². The van der Waals surface area contributed by atoms with E-state index in [9.17, 15) is 4.79 Å². The summed E-state index contributed by atoms with van der Waals surface area (Å²) in [6.07, 6.45) is 4.47. The molecule has 7 heteroatoms. The second-order valence-corrected chi connectivity index (χ2v) is 7.32. The molecule has 0 radical (unpaired) electrons. The predicted octanol–water partition coefficient (Wildman–Crippen LogP) is 2.88. The summed E-state index contributed by atoms with van der Waals surface area (Å²) in [5, 5.41) is 0.781. The van der Waals surface area contributed by atoms with Gasteiger partial charge in [-0.3, -0.25) is 9.78 Å². The van der Waals surface area contributed by atoms with Crippen LogP contribution in [0.25, 0.3) is 10.7 Å². The molecule has 2 saturated heterocycles. The summed E-state index contributed by atoms with van der Waals surface area (Å²) < 4.78 is 11.4. The first kappa shape index (κ1) is 16.6. The highest BCUT2D eigenvalue weighted by Crippen LogP contribution is 2.31. The normalized spacial score (nSPS) is 21.6. The van der Waals surface area contributed by atoms with Gasteiger partial charge in [0, 0.05) is 12.7 Å². The van der Waals surface area contributed by atoms with E-state index in [0.717, 1.165) is 42.2 Å². The maximum absolute atomic E-state index is 13.2. The number of aromatic nitrogens is 2. The van der Waals surface area contributed by atoms with Gasteiger partial charge in [0.1, 0.15) is 9.88 Å². The minimum absolute atomic E-state index is 0.0106. The minimum Gasteiger partial charge on any atom is -0.348 e. The average Bonchev–Trinajstić information content (AvgIpc) is 3.32. The molecule has 25 heavy (non-hydrogen) atoms. The van der Waals surface area contributed by atoms with Crippen molar-refractivity contribution >= 4 is 17.2 Å². The zero-order chi connectivity index (χ0) is 17.2. The molecule has 2 aliphatic rings. The fourth-order valence-electron chi connectivity index (χ4n) is 3.42. The molecule has 1 amide bonds. The van der Waals surface area contributed by atoms with E-state index in [1.54, 1.807) is 6.20 Å². The molecule has 2 fully saturated rings. The van der Waals surface area contributed by atoms with E-state index in [1.165, 1.54) is 11.3 Å². The van der Waals surface area contributed by atoms with Gasteiger partial charge >= 0.3 is 0 Å². The van der Waals surface area contributed by atoms with Crippen LogP contribution in [0.4, 0.5) is 0 Å². The van der Waals surface area contributed by atoms with Crippen molar-refractivity contribution in [1.29, 1.82) is 0 Å². The highest BCUT2D eigenvalue weighted by molar-refractivity contribution is 7.17. The number of amides is 1. The summed E-state index contributed by atoms with van der Waals surface area (Å²) in [6, 6.07) is 5.70. The largest absolute Gasteiger partial charge is 0.348 e. The molecule has 0 saturated carbocycles. The maximum Gasteiger partial charge on any atom is 0.266 e. The first-order valence-electron chi connectivity index (χ1n) is 8.67.